The Bertz CT molecular complexity index is 1130. The number of likely N-dealkylation sites (tertiary alicyclic amines) is 1. The van der Waals surface area contributed by atoms with Gasteiger partial charge in [0.1, 0.15) is 16.5 Å². The van der Waals surface area contributed by atoms with E-state index >= 15 is 0 Å². The van der Waals surface area contributed by atoms with Gasteiger partial charge in [-0.2, -0.15) is 13.2 Å². The number of fused-ring (bicyclic) bond motifs is 2. The summed E-state index contributed by atoms with van der Waals surface area (Å²) in [4.78, 5) is 28.1. The second-order valence-electron chi connectivity index (χ2n) is 8.29. The number of hydrogen-bond acceptors (Lipinski definition) is 6. The van der Waals surface area contributed by atoms with Gasteiger partial charge in [-0.25, -0.2) is 9.97 Å². The maximum Gasteiger partial charge on any atom is 0.417 e. The number of rotatable bonds is 4. The van der Waals surface area contributed by atoms with Crippen molar-refractivity contribution in [2.24, 2.45) is 5.92 Å². The Morgan fingerprint density at radius 3 is 2.69 bits per heavy atom. The number of aryl methyl sites for hydroxylation is 1. The van der Waals surface area contributed by atoms with E-state index in [1.54, 1.807) is 12.4 Å². The molecule has 3 aromatic heterocycles. The Hall–Kier alpha value is -3.01. The zero-order valence-corrected chi connectivity index (χ0v) is 18.0. The number of nitrogens with one attached hydrogen (secondary N) is 1. The molecule has 1 amide bonds. The molecule has 166 valence electrons. The standard InChI is InChI=1S/C22H20F3N5OS/c1-12-6-15(19(28-9-12)20-26-4-5-32-20)21(31)30-11-13-7-16(17(30)8-13)29-18-3-2-14(10-27-18)22(23,24)25/h2-6,9-10,13,16-17H,7-8,11H2,1H3,(H,27,29). The van der Waals surface area contributed by atoms with E-state index in [1.165, 1.54) is 17.4 Å². The number of alkyl halides is 3. The number of amides is 1. The molecule has 1 aliphatic heterocycles. The van der Waals surface area contributed by atoms with Crippen LogP contribution in [0, 0.1) is 12.8 Å². The van der Waals surface area contributed by atoms with Crippen molar-refractivity contribution in [3.8, 4) is 10.7 Å². The number of carbonyl (C=O) groups is 1. The highest BCUT2D eigenvalue weighted by Crippen LogP contribution is 2.40. The fourth-order valence-corrected chi connectivity index (χ4v) is 5.30. The van der Waals surface area contributed by atoms with E-state index in [0.717, 1.165) is 30.7 Å². The molecule has 3 unspecified atom stereocenters. The third-order valence-corrected chi connectivity index (χ3v) is 6.84. The van der Waals surface area contributed by atoms with Crippen molar-refractivity contribution in [1.82, 2.24) is 19.9 Å². The maximum atomic E-state index is 13.6. The Labute approximate surface area is 186 Å². The van der Waals surface area contributed by atoms with E-state index < -0.39 is 11.7 Å². The van der Waals surface area contributed by atoms with Gasteiger partial charge in [0.05, 0.1) is 17.2 Å². The van der Waals surface area contributed by atoms with E-state index in [1.807, 2.05) is 23.3 Å². The molecule has 5 rings (SSSR count). The molecule has 2 aliphatic rings. The average Bonchev–Trinajstić information content (AvgIpc) is 3.50. The lowest BCUT2D eigenvalue weighted by molar-refractivity contribution is -0.137. The van der Waals surface area contributed by atoms with E-state index in [0.29, 0.717) is 34.5 Å². The highest BCUT2D eigenvalue weighted by atomic mass is 32.1. The summed E-state index contributed by atoms with van der Waals surface area (Å²) in [6, 6.07) is 4.08. The molecule has 10 heteroatoms. The molecule has 0 aromatic carbocycles. The van der Waals surface area contributed by atoms with Gasteiger partial charge in [-0.15, -0.1) is 11.3 Å². The quantitative estimate of drug-likeness (QED) is 0.615. The fourth-order valence-electron chi connectivity index (χ4n) is 4.65. The predicted octanol–water partition coefficient (Wildman–Crippen LogP) is 4.64. The first-order valence-electron chi connectivity index (χ1n) is 10.3. The zero-order valence-electron chi connectivity index (χ0n) is 17.1. The van der Waals surface area contributed by atoms with Crippen LogP contribution in [0.15, 0.2) is 42.2 Å². The summed E-state index contributed by atoms with van der Waals surface area (Å²) < 4.78 is 38.4. The Morgan fingerprint density at radius 2 is 2.03 bits per heavy atom. The molecule has 1 saturated heterocycles. The van der Waals surface area contributed by atoms with Gasteiger partial charge in [-0.05, 0) is 49.4 Å². The number of hydrogen-bond donors (Lipinski definition) is 1. The Kier molecular flexibility index (Phi) is 5.11. The summed E-state index contributed by atoms with van der Waals surface area (Å²) in [6.07, 6.45) is 1.53. The first kappa shape index (κ1) is 20.9. The molecule has 2 bridgehead atoms. The van der Waals surface area contributed by atoms with Crippen molar-refractivity contribution in [2.75, 3.05) is 11.9 Å². The SMILES string of the molecule is Cc1cnc(-c2nccs2)c(C(=O)N2CC3CC(Nc4ccc(C(F)(F)F)cn4)C2C3)c1. The van der Waals surface area contributed by atoms with Gasteiger partial charge in [-0.1, -0.05) is 0 Å². The van der Waals surface area contributed by atoms with Gasteiger partial charge in [-0.3, -0.25) is 9.78 Å². The lowest BCUT2D eigenvalue weighted by atomic mass is 10.0. The molecule has 3 aromatic rings. The third-order valence-electron chi connectivity index (χ3n) is 6.06. The van der Waals surface area contributed by atoms with E-state index in [-0.39, 0.29) is 18.0 Å². The molecule has 32 heavy (non-hydrogen) atoms. The van der Waals surface area contributed by atoms with E-state index in [2.05, 4.69) is 20.3 Å². The van der Waals surface area contributed by atoms with Gasteiger partial charge in [0.2, 0.25) is 0 Å². The van der Waals surface area contributed by atoms with Crippen LogP contribution in [0.3, 0.4) is 0 Å². The van der Waals surface area contributed by atoms with Crippen LogP contribution < -0.4 is 5.32 Å². The molecule has 3 atom stereocenters. The lowest BCUT2D eigenvalue weighted by Gasteiger charge is -2.34. The van der Waals surface area contributed by atoms with Crippen molar-refractivity contribution in [3.63, 3.8) is 0 Å². The predicted molar refractivity (Wildman–Crippen MR) is 114 cm³/mol. The Morgan fingerprint density at radius 1 is 1.19 bits per heavy atom. The number of aromatic nitrogens is 3. The second kappa shape index (κ2) is 7.84. The van der Waals surface area contributed by atoms with Crippen LogP contribution in [0.5, 0.6) is 0 Å². The summed E-state index contributed by atoms with van der Waals surface area (Å²) in [5, 5.41) is 5.79. The first-order valence-corrected chi connectivity index (χ1v) is 11.1. The van der Waals surface area contributed by atoms with Crippen LogP contribution in [0.4, 0.5) is 19.0 Å². The molecule has 1 saturated carbocycles. The summed E-state index contributed by atoms with van der Waals surface area (Å²) in [6.45, 7) is 2.56. The van der Waals surface area contributed by atoms with E-state index in [9.17, 15) is 18.0 Å². The van der Waals surface area contributed by atoms with Crippen molar-refractivity contribution < 1.29 is 18.0 Å². The summed E-state index contributed by atoms with van der Waals surface area (Å²) in [7, 11) is 0. The monoisotopic (exact) mass is 459 g/mol. The molecular weight excluding hydrogens is 439 g/mol. The van der Waals surface area contributed by atoms with Gasteiger partial charge >= 0.3 is 6.18 Å². The molecule has 0 spiro atoms. The highest BCUT2D eigenvalue weighted by molar-refractivity contribution is 7.13. The number of nitrogens with zero attached hydrogens (tertiary/aromatic N) is 4. The van der Waals surface area contributed by atoms with Gasteiger partial charge in [0, 0.05) is 36.6 Å². The van der Waals surface area contributed by atoms with Crippen LogP contribution in [-0.2, 0) is 6.18 Å². The largest absolute Gasteiger partial charge is 0.417 e. The average molecular weight is 459 g/mol. The molecule has 2 fully saturated rings. The summed E-state index contributed by atoms with van der Waals surface area (Å²) >= 11 is 1.43. The normalized spacial score (nSPS) is 22.4. The number of thiazole rings is 1. The molecule has 6 nitrogen and oxygen atoms in total. The molecular formula is C22H20F3N5OS. The van der Waals surface area contributed by atoms with Crippen LogP contribution >= 0.6 is 11.3 Å². The van der Waals surface area contributed by atoms with Crippen LogP contribution in [0.1, 0.15) is 34.3 Å². The van der Waals surface area contributed by atoms with Crippen molar-refractivity contribution >= 4 is 23.1 Å². The third kappa shape index (κ3) is 3.83. The zero-order chi connectivity index (χ0) is 22.5. The topological polar surface area (TPSA) is 71.0 Å². The molecule has 0 radical (unpaired) electrons. The van der Waals surface area contributed by atoms with Crippen molar-refractivity contribution in [1.29, 1.82) is 0 Å². The smallest absolute Gasteiger partial charge is 0.365 e. The minimum absolute atomic E-state index is 0.0544. The maximum absolute atomic E-state index is 13.6. The number of anilines is 1. The van der Waals surface area contributed by atoms with Crippen molar-refractivity contribution in [3.05, 3.63) is 58.9 Å². The molecule has 4 heterocycles. The number of carbonyl (C=O) groups excluding carboxylic acids is 1. The highest BCUT2D eigenvalue weighted by Gasteiger charge is 2.47. The number of pyridine rings is 2. The van der Waals surface area contributed by atoms with Crippen LogP contribution in [0.2, 0.25) is 0 Å². The number of piperidine rings is 1. The minimum atomic E-state index is -4.42. The van der Waals surface area contributed by atoms with E-state index in [4.69, 9.17) is 0 Å². The van der Waals surface area contributed by atoms with Crippen LogP contribution in [-0.4, -0.2) is 44.4 Å². The van der Waals surface area contributed by atoms with Crippen LogP contribution in [0.25, 0.3) is 10.7 Å². The second-order valence-corrected chi connectivity index (χ2v) is 9.18. The number of halogens is 3. The lowest BCUT2D eigenvalue weighted by Crippen LogP contribution is -2.48. The van der Waals surface area contributed by atoms with Gasteiger partial charge in [0.25, 0.3) is 5.91 Å². The van der Waals surface area contributed by atoms with Crippen molar-refractivity contribution in [2.45, 2.75) is 38.0 Å². The summed E-state index contributed by atoms with van der Waals surface area (Å²) in [5.74, 6) is 0.631. The van der Waals surface area contributed by atoms with Gasteiger partial charge < -0.3 is 10.2 Å². The van der Waals surface area contributed by atoms with Gasteiger partial charge in [0.15, 0.2) is 0 Å². The Balaban J connectivity index is 1.37. The minimum Gasteiger partial charge on any atom is -0.365 e. The fraction of sp³-hybridized carbons (Fsp3) is 0.364. The molecule has 1 N–H and O–H groups in total. The first-order chi connectivity index (χ1) is 15.3. The molecule has 1 aliphatic carbocycles. The summed E-state index contributed by atoms with van der Waals surface area (Å²) in [5.41, 5.74) is 1.21.